The minimum atomic E-state index is -0.458. The van der Waals surface area contributed by atoms with Gasteiger partial charge in [-0.1, -0.05) is 6.92 Å². The zero-order valence-electron chi connectivity index (χ0n) is 6.12. The fraction of sp³-hybridized carbons (Fsp3) is 1.00. The second kappa shape index (κ2) is 9.69. The van der Waals surface area contributed by atoms with E-state index >= 15 is 0 Å². The van der Waals surface area contributed by atoms with Gasteiger partial charge in [-0.05, 0) is 20.3 Å². The van der Waals surface area contributed by atoms with Gasteiger partial charge in [0.25, 0.3) is 0 Å². The Morgan fingerprint density at radius 1 is 1.22 bits per heavy atom. The molecule has 0 aromatic carbocycles. The summed E-state index contributed by atoms with van der Waals surface area (Å²) in [5, 5.41) is 8.83. The average Bonchev–Trinajstić information content (AvgIpc) is 1.35. The van der Waals surface area contributed by atoms with Gasteiger partial charge in [-0.15, -0.1) is 0 Å². The molecule has 0 aliphatic heterocycles. The molecule has 0 heterocycles. The van der Waals surface area contributed by atoms with Crippen molar-refractivity contribution in [3.05, 3.63) is 0 Å². The molecule has 1 nitrogen and oxygen atoms in total. The van der Waals surface area contributed by atoms with Crippen LogP contribution in [0.15, 0.2) is 0 Å². The van der Waals surface area contributed by atoms with Crippen molar-refractivity contribution in [2.45, 2.75) is 32.8 Å². The molecule has 0 aromatic heterocycles. The third kappa shape index (κ3) is 26.1. The standard InChI is InChI=1S/C5H12O.2BrH.Mg/c1-4-5(2,3)6;;;/h6H,4H2,1-3H3;2*1H;/q;;;+2/p-2. The summed E-state index contributed by atoms with van der Waals surface area (Å²) in [5.74, 6) is 0. The monoisotopic (exact) mass is 270 g/mol. The minimum absolute atomic E-state index is 0. The van der Waals surface area contributed by atoms with Crippen LogP contribution in [-0.4, -0.2) is 33.8 Å². The Bertz CT molecular complexity index is 44.7. The van der Waals surface area contributed by atoms with Crippen LogP contribution < -0.4 is 34.0 Å². The molecule has 0 bridgehead atoms. The topological polar surface area (TPSA) is 20.2 Å². The third-order valence-corrected chi connectivity index (χ3v) is 0.865. The Labute approximate surface area is 94.3 Å². The van der Waals surface area contributed by atoms with E-state index in [1.165, 1.54) is 0 Å². The normalized spacial score (nSPS) is 8.00. The van der Waals surface area contributed by atoms with Crippen molar-refractivity contribution < 1.29 is 39.1 Å². The third-order valence-electron chi connectivity index (χ3n) is 0.865. The van der Waals surface area contributed by atoms with Gasteiger partial charge in [0, 0.05) is 0 Å². The summed E-state index contributed by atoms with van der Waals surface area (Å²) < 4.78 is 0. The second-order valence-corrected chi connectivity index (χ2v) is 2.17. The van der Waals surface area contributed by atoms with E-state index in [1.807, 2.05) is 6.92 Å². The van der Waals surface area contributed by atoms with Gasteiger partial charge < -0.3 is 39.1 Å². The van der Waals surface area contributed by atoms with E-state index in [-0.39, 0.29) is 57.0 Å². The van der Waals surface area contributed by atoms with Crippen molar-refractivity contribution in [2.75, 3.05) is 0 Å². The van der Waals surface area contributed by atoms with Crippen LogP contribution in [0.3, 0.4) is 0 Å². The minimum Gasteiger partial charge on any atom is -1.00 e. The molecule has 0 radical (unpaired) electrons. The molecule has 4 heteroatoms. The van der Waals surface area contributed by atoms with Crippen molar-refractivity contribution in [3.63, 3.8) is 0 Å². The van der Waals surface area contributed by atoms with E-state index in [9.17, 15) is 0 Å². The maximum atomic E-state index is 8.83. The van der Waals surface area contributed by atoms with Crippen LogP contribution >= 0.6 is 0 Å². The van der Waals surface area contributed by atoms with Crippen molar-refractivity contribution in [1.29, 1.82) is 0 Å². The van der Waals surface area contributed by atoms with Crippen molar-refractivity contribution in [3.8, 4) is 0 Å². The summed E-state index contributed by atoms with van der Waals surface area (Å²) >= 11 is 0. The van der Waals surface area contributed by atoms with E-state index in [0.717, 1.165) is 6.42 Å². The Balaban J connectivity index is -0.0000000417. The Morgan fingerprint density at radius 3 is 1.33 bits per heavy atom. The summed E-state index contributed by atoms with van der Waals surface area (Å²) in [6, 6.07) is 0. The maximum Gasteiger partial charge on any atom is 2.00 e. The number of halogens is 2. The van der Waals surface area contributed by atoms with E-state index in [2.05, 4.69) is 0 Å². The molecule has 9 heavy (non-hydrogen) atoms. The first kappa shape index (κ1) is 22.4. The van der Waals surface area contributed by atoms with Crippen LogP contribution in [0.25, 0.3) is 0 Å². The molecule has 0 amide bonds. The van der Waals surface area contributed by atoms with Crippen molar-refractivity contribution >= 4 is 23.1 Å². The molecule has 0 aliphatic carbocycles. The van der Waals surface area contributed by atoms with Gasteiger partial charge in [0.15, 0.2) is 0 Å². The largest absolute Gasteiger partial charge is 2.00 e. The van der Waals surface area contributed by atoms with E-state index in [4.69, 9.17) is 5.11 Å². The van der Waals surface area contributed by atoms with Gasteiger partial charge in [-0.25, -0.2) is 0 Å². The van der Waals surface area contributed by atoms with Gasteiger partial charge in [0.05, 0.1) is 5.60 Å². The Morgan fingerprint density at radius 2 is 1.33 bits per heavy atom. The second-order valence-electron chi connectivity index (χ2n) is 2.17. The van der Waals surface area contributed by atoms with Gasteiger partial charge in [-0.2, -0.15) is 0 Å². The molecule has 0 saturated carbocycles. The molecular formula is C5H12Br2MgO. The van der Waals surface area contributed by atoms with Crippen LogP contribution in [-0.2, 0) is 0 Å². The van der Waals surface area contributed by atoms with Crippen molar-refractivity contribution in [2.24, 2.45) is 0 Å². The zero-order valence-corrected chi connectivity index (χ0v) is 10.7. The van der Waals surface area contributed by atoms with Crippen LogP contribution in [0.5, 0.6) is 0 Å². The number of hydrogen-bond donors (Lipinski definition) is 1. The number of aliphatic hydroxyl groups is 1. The summed E-state index contributed by atoms with van der Waals surface area (Å²) in [4.78, 5) is 0. The molecule has 0 rings (SSSR count). The van der Waals surface area contributed by atoms with Crippen LogP contribution in [0, 0.1) is 0 Å². The maximum absolute atomic E-state index is 8.83. The molecule has 0 atom stereocenters. The molecular weight excluding hydrogens is 260 g/mol. The predicted octanol–water partition coefficient (Wildman–Crippen LogP) is -5.21. The molecule has 0 aliphatic rings. The molecule has 0 aromatic rings. The number of hydrogen-bond acceptors (Lipinski definition) is 1. The molecule has 1 N–H and O–H groups in total. The Hall–Kier alpha value is 1.69. The predicted molar refractivity (Wildman–Crippen MR) is 32.3 cm³/mol. The Kier molecular flexibility index (Phi) is 24.1. The first-order valence-corrected chi connectivity index (χ1v) is 2.28. The fourth-order valence-electron chi connectivity index (χ4n) is 0. The van der Waals surface area contributed by atoms with Gasteiger partial charge in [-0.3, -0.25) is 0 Å². The number of rotatable bonds is 1. The average molecular weight is 272 g/mol. The summed E-state index contributed by atoms with van der Waals surface area (Å²) in [7, 11) is 0. The molecule has 0 unspecified atom stereocenters. The van der Waals surface area contributed by atoms with Crippen LogP contribution in [0.4, 0.5) is 0 Å². The quantitative estimate of drug-likeness (QED) is 0.473. The van der Waals surface area contributed by atoms with Crippen LogP contribution in [0.1, 0.15) is 27.2 Å². The zero-order chi connectivity index (χ0) is 5.21. The van der Waals surface area contributed by atoms with E-state index in [0.29, 0.717) is 0 Å². The first-order chi connectivity index (χ1) is 2.56. The molecule has 0 spiro atoms. The smallest absolute Gasteiger partial charge is 1.00 e. The van der Waals surface area contributed by atoms with Gasteiger partial charge in [0.2, 0.25) is 0 Å². The van der Waals surface area contributed by atoms with E-state index in [1.54, 1.807) is 13.8 Å². The fourth-order valence-corrected chi connectivity index (χ4v) is 0. The summed E-state index contributed by atoms with van der Waals surface area (Å²) in [6.45, 7) is 5.56. The van der Waals surface area contributed by atoms with Gasteiger partial charge >= 0.3 is 23.1 Å². The van der Waals surface area contributed by atoms with E-state index < -0.39 is 5.60 Å². The SMILES string of the molecule is CCC(C)(C)O.[Br-].[Br-].[Mg+2]. The molecule has 54 valence electrons. The van der Waals surface area contributed by atoms with Crippen LogP contribution in [0.2, 0.25) is 0 Å². The molecule has 0 fully saturated rings. The summed E-state index contributed by atoms with van der Waals surface area (Å²) in [6.07, 6.45) is 0.826. The van der Waals surface area contributed by atoms with Gasteiger partial charge in [0.1, 0.15) is 0 Å². The van der Waals surface area contributed by atoms with Crippen molar-refractivity contribution in [1.82, 2.24) is 0 Å². The molecule has 0 saturated heterocycles. The summed E-state index contributed by atoms with van der Waals surface area (Å²) in [5.41, 5.74) is -0.458. The first-order valence-electron chi connectivity index (χ1n) is 2.28.